The molecular weight excluding hydrogens is 387 g/mol. The monoisotopic (exact) mass is 420 g/mol. The van der Waals surface area contributed by atoms with Crippen molar-refractivity contribution >= 4 is 24.4 Å². The number of aliphatic hydroxyl groups is 2. The summed E-state index contributed by atoms with van der Waals surface area (Å²) in [6.07, 6.45) is 4.79. The third-order valence-corrected chi connectivity index (χ3v) is 6.38. The van der Waals surface area contributed by atoms with Crippen LogP contribution in [0.3, 0.4) is 0 Å². The van der Waals surface area contributed by atoms with Crippen LogP contribution in [0, 0.1) is 0 Å². The highest BCUT2D eigenvalue weighted by atomic mass is 16.7. The number of likely N-dealkylation sites (tertiary alicyclic amines) is 1. The van der Waals surface area contributed by atoms with Crippen LogP contribution in [0.1, 0.15) is 47.0 Å². The van der Waals surface area contributed by atoms with Crippen molar-refractivity contribution in [1.82, 2.24) is 14.9 Å². The number of nitrogens with zero attached hydrogens (tertiary/aromatic N) is 4. The standard InChI is InChI=1S/C20H33BN4O5/c1-19(2)20(3,4)30-21(29-19)14-10-22-18(23-11-14)24(5)12-15-8-6-7-9-25(15)17(28)16(27)13-26/h10-11,15-16,26-27H,6-9,12-13H2,1-5H3/t15-,16+/m0/s1. The molecule has 10 heteroatoms. The van der Waals surface area contributed by atoms with E-state index in [1.807, 2.05) is 39.6 Å². The third-order valence-electron chi connectivity index (χ3n) is 6.38. The van der Waals surface area contributed by atoms with E-state index in [0.29, 0.717) is 19.0 Å². The van der Waals surface area contributed by atoms with Crippen LogP contribution in [0.15, 0.2) is 12.4 Å². The number of hydrogen-bond acceptors (Lipinski definition) is 8. The summed E-state index contributed by atoms with van der Waals surface area (Å²) in [4.78, 5) is 24.9. The Bertz CT molecular complexity index is 729. The van der Waals surface area contributed by atoms with Gasteiger partial charge in [0.25, 0.3) is 5.91 Å². The number of carbonyl (C=O) groups excluding carboxylic acids is 1. The first-order valence-corrected chi connectivity index (χ1v) is 10.5. The second-order valence-electron chi connectivity index (χ2n) is 9.16. The second-order valence-corrected chi connectivity index (χ2v) is 9.16. The van der Waals surface area contributed by atoms with Gasteiger partial charge in [0.1, 0.15) is 0 Å². The van der Waals surface area contributed by atoms with E-state index in [0.717, 1.165) is 24.7 Å². The maximum atomic E-state index is 12.4. The van der Waals surface area contributed by atoms with Crippen LogP contribution in [0.5, 0.6) is 0 Å². The van der Waals surface area contributed by atoms with Crippen molar-refractivity contribution in [2.24, 2.45) is 0 Å². The Morgan fingerprint density at radius 3 is 2.43 bits per heavy atom. The Hall–Kier alpha value is -1.75. The molecule has 2 aliphatic heterocycles. The molecular formula is C20H33BN4O5. The highest BCUT2D eigenvalue weighted by Gasteiger charge is 2.52. The molecule has 0 radical (unpaired) electrons. The molecule has 0 aromatic carbocycles. The maximum absolute atomic E-state index is 12.4. The largest absolute Gasteiger partial charge is 0.498 e. The first-order valence-electron chi connectivity index (χ1n) is 10.5. The van der Waals surface area contributed by atoms with E-state index in [1.54, 1.807) is 17.3 Å². The van der Waals surface area contributed by atoms with Gasteiger partial charge in [-0.25, -0.2) is 9.97 Å². The van der Waals surface area contributed by atoms with Gasteiger partial charge in [-0.1, -0.05) is 0 Å². The smallest absolute Gasteiger partial charge is 0.399 e. The Morgan fingerprint density at radius 2 is 1.87 bits per heavy atom. The first-order chi connectivity index (χ1) is 14.1. The molecule has 0 unspecified atom stereocenters. The molecule has 0 aliphatic carbocycles. The summed E-state index contributed by atoms with van der Waals surface area (Å²) in [6.45, 7) is 8.56. The number of rotatable bonds is 6. The van der Waals surface area contributed by atoms with E-state index >= 15 is 0 Å². The lowest BCUT2D eigenvalue weighted by molar-refractivity contribution is -0.145. The lowest BCUT2D eigenvalue weighted by Crippen LogP contribution is -2.52. The number of piperidine rings is 1. The molecule has 1 aromatic rings. The Labute approximate surface area is 178 Å². The van der Waals surface area contributed by atoms with Gasteiger partial charge in [-0.3, -0.25) is 4.79 Å². The van der Waals surface area contributed by atoms with Gasteiger partial charge >= 0.3 is 7.12 Å². The van der Waals surface area contributed by atoms with Crippen LogP contribution in [0.25, 0.3) is 0 Å². The van der Waals surface area contributed by atoms with Gasteiger partial charge in [-0.15, -0.1) is 0 Å². The van der Waals surface area contributed by atoms with E-state index in [-0.39, 0.29) is 6.04 Å². The van der Waals surface area contributed by atoms with Crippen molar-refractivity contribution in [2.45, 2.75) is 70.3 Å². The van der Waals surface area contributed by atoms with Gasteiger partial charge in [0.05, 0.1) is 17.8 Å². The number of aliphatic hydroxyl groups excluding tert-OH is 2. The zero-order valence-corrected chi connectivity index (χ0v) is 18.5. The summed E-state index contributed by atoms with van der Waals surface area (Å²) in [7, 11) is 1.37. The van der Waals surface area contributed by atoms with E-state index in [4.69, 9.17) is 14.4 Å². The van der Waals surface area contributed by atoms with E-state index in [9.17, 15) is 9.90 Å². The molecule has 1 amide bonds. The molecule has 2 aliphatic rings. The van der Waals surface area contributed by atoms with Gasteiger partial charge < -0.3 is 29.3 Å². The van der Waals surface area contributed by atoms with Crippen molar-refractivity contribution in [2.75, 3.05) is 31.6 Å². The zero-order chi connectivity index (χ0) is 22.1. The third kappa shape index (κ3) is 4.61. The van der Waals surface area contributed by atoms with Crippen molar-refractivity contribution in [3.05, 3.63) is 12.4 Å². The maximum Gasteiger partial charge on any atom is 0.498 e. The summed E-state index contributed by atoms with van der Waals surface area (Å²) in [5.41, 5.74) is -0.0988. The normalized spacial score (nSPS) is 24.0. The molecule has 2 fully saturated rings. The van der Waals surface area contributed by atoms with Crippen LogP contribution in [0.4, 0.5) is 5.95 Å². The average molecular weight is 420 g/mol. The summed E-state index contributed by atoms with van der Waals surface area (Å²) in [5.74, 6) is 0.114. The summed E-state index contributed by atoms with van der Waals surface area (Å²) >= 11 is 0. The SMILES string of the molecule is CN(C[C@@H]1CCCCN1C(=O)[C@H](O)CO)c1ncc(B2OC(C)(C)C(C)(C)O2)cn1. The van der Waals surface area contributed by atoms with Crippen molar-refractivity contribution in [3.63, 3.8) is 0 Å². The van der Waals surface area contributed by atoms with E-state index < -0.39 is 36.9 Å². The summed E-state index contributed by atoms with van der Waals surface area (Å²) < 4.78 is 12.1. The number of amides is 1. The second kappa shape index (κ2) is 8.78. The van der Waals surface area contributed by atoms with Crippen molar-refractivity contribution in [1.29, 1.82) is 0 Å². The quantitative estimate of drug-likeness (QED) is 0.617. The predicted octanol–water partition coefficient (Wildman–Crippen LogP) is -0.0537. The molecule has 1 aromatic heterocycles. The van der Waals surface area contributed by atoms with Gasteiger partial charge in [-0.2, -0.15) is 0 Å². The van der Waals surface area contributed by atoms with Crippen LogP contribution < -0.4 is 10.4 Å². The minimum Gasteiger partial charge on any atom is -0.399 e. The molecule has 0 bridgehead atoms. The van der Waals surface area contributed by atoms with Gasteiger partial charge in [0.2, 0.25) is 5.95 Å². The van der Waals surface area contributed by atoms with Crippen molar-refractivity contribution in [3.8, 4) is 0 Å². The van der Waals surface area contributed by atoms with Gasteiger partial charge in [0, 0.05) is 44.0 Å². The number of aromatic nitrogens is 2. The number of hydrogen-bond donors (Lipinski definition) is 2. The number of anilines is 1. The molecule has 2 saturated heterocycles. The van der Waals surface area contributed by atoms with E-state index in [1.165, 1.54) is 0 Å². The molecule has 166 valence electrons. The Morgan fingerprint density at radius 1 is 1.27 bits per heavy atom. The molecule has 3 rings (SSSR count). The highest BCUT2D eigenvalue weighted by molar-refractivity contribution is 6.61. The molecule has 30 heavy (non-hydrogen) atoms. The topological polar surface area (TPSA) is 108 Å². The first kappa shape index (κ1) is 22.9. The fourth-order valence-corrected chi connectivity index (χ4v) is 3.78. The van der Waals surface area contributed by atoms with Gasteiger partial charge in [0.15, 0.2) is 6.10 Å². The molecule has 3 heterocycles. The fraction of sp³-hybridized carbons (Fsp3) is 0.750. The van der Waals surface area contributed by atoms with E-state index in [2.05, 4.69) is 9.97 Å². The van der Waals surface area contributed by atoms with Crippen LogP contribution in [-0.4, -0.2) is 88.2 Å². The molecule has 2 N–H and O–H groups in total. The van der Waals surface area contributed by atoms with Crippen molar-refractivity contribution < 1.29 is 24.3 Å². The lowest BCUT2D eigenvalue weighted by Gasteiger charge is -2.38. The lowest BCUT2D eigenvalue weighted by atomic mass is 9.81. The molecule has 0 saturated carbocycles. The zero-order valence-electron chi connectivity index (χ0n) is 18.5. The minimum absolute atomic E-state index is 0.0659. The highest BCUT2D eigenvalue weighted by Crippen LogP contribution is 2.36. The van der Waals surface area contributed by atoms with Crippen LogP contribution in [-0.2, 0) is 14.1 Å². The van der Waals surface area contributed by atoms with Crippen LogP contribution >= 0.6 is 0 Å². The molecule has 0 spiro atoms. The summed E-state index contributed by atoms with van der Waals surface area (Å²) in [5, 5.41) is 18.9. The average Bonchev–Trinajstić information content (AvgIpc) is 2.94. The fourth-order valence-electron chi connectivity index (χ4n) is 3.78. The Balaban J connectivity index is 1.66. The predicted molar refractivity (Wildman–Crippen MR) is 113 cm³/mol. The minimum atomic E-state index is -1.37. The molecule has 9 nitrogen and oxygen atoms in total. The molecule has 2 atom stereocenters. The number of carbonyl (C=O) groups is 1. The summed E-state index contributed by atoms with van der Waals surface area (Å²) in [6, 6.07) is -0.0659. The number of likely N-dealkylation sites (N-methyl/N-ethyl adjacent to an activating group) is 1. The van der Waals surface area contributed by atoms with Crippen LogP contribution in [0.2, 0.25) is 0 Å². The Kier molecular flexibility index (Phi) is 6.71. The van der Waals surface area contributed by atoms with Gasteiger partial charge in [-0.05, 0) is 47.0 Å².